The van der Waals surface area contributed by atoms with E-state index < -0.39 is 10.9 Å². The molecule has 116 valence electrons. The maximum atomic E-state index is 11.3. The van der Waals surface area contributed by atoms with Crippen LogP contribution in [0.2, 0.25) is 0 Å². The number of carboxylic acids is 1. The summed E-state index contributed by atoms with van der Waals surface area (Å²) in [5.41, 5.74) is 1.78. The number of aromatic nitrogens is 1. The van der Waals surface area contributed by atoms with Crippen molar-refractivity contribution in [3.63, 3.8) is 0 Å². The third kappa shape index (κ3) is 3.52. The number of nitro groups is 1. The lowest BCUT2D eigenvalue weighted by atomic mass is 10.1. The van der Waals surface area contributed by atoms with Gasteiger partial charge in [0.2, 0.25) is 0 Å². The van der Waals surface area contributed by atoms with E-state index in [9.17, 15) is 20.0 Å². The summed E-state index contributed by atoms with van der Waals surface area (Å²) in [5, 5.41) is 20.0. The van der Waals surface area contributed by atoms with Gasteiger partial charge in [-0.3, -0.25) is 10.1 Å². The molecule has 2 rings (SSSR count). The summed E-state index contributed by atoms with van der Waals surface area (Å²) < 4.78 is 1.73. The first-order chi connectivity index (χ1) is 10.5. The predicted molar refractivity (Wildman–Crippen MR) is 83.0 cm³/mol. The van der Waals surface area contributed by atoms with Crippen molar-refractivity contribution >= 4 is 11.7 Å². The molecule has 0 aliphatic carbocycles. The Labute approximate surface area is 128 Å². The lowest BCUT2D eigenvalue weighted by Crippen LogP contribution is -2.07. The Balaban J connectivity index is 2.29. The maximum absolute atomic E-state index is 11.3. The molecule has 6 heteroatoms. The Morgan fingerprint density at radius 2 is 1.91 bits per heavy atom. The van der Waals surface area contributed by atoms with Crippen molar-refractivity contribution in [2.45, 2.75) is 32.7 Å². The second kappa shape index (κ2) is 6.89. The second-order valence-electron chi connectivity index (χ2n) is 5.12. The van der Waals surface area contributed by atoms with Gasteiger partial charge >= 0.3 is 5.97 Å². The molecule has 1 aromatic heterocycles. The minimum Gasteiger partial charge on any atom is -0.477 e. The fourth-order valence-corrected chi connectivity index (χ4v) is 2.34. The highest BCUT2D eigenvalue weighted by atomic mass is 16.6. The second-order valence-corrected chi connectivity index (χ2v) is 5.12. The first kappa shape index (κ1) is 15.8. The Morgan fingerprint density at radius 1 is 1.23 bits per heavy atom. The molecule has 0 unspecified atom stereocenters. The number of non-ortho nitro benzene ring substituents is 1. The highest BCUT2D eigenvalue weighted by Crippen LogP contribution is 2.25. The molecule has 0 bridgehead atoms. The fourth-order valence-electron chi connectivity index (χ4n) is 2.34. The number of benzene rings is 1. The molecule has 0 spiro atoms. The molecule has 0 amide bonds. The number of carbonyl (C=O) groups is 1. The lowest BCUT2D eigenvalue weighted by Gasteiger charge is -2.04. The summed E-state index contributed by atoms with van der Waals surface area (Å²) in [6.45, 7) is 2.75. The molecule has 1 heterocycles. The van der Waals surface area contributed by atoms with Crippen molar-refractivity contribution < 1.29 is 14.8 Å². The molecule has 0 fully saturated rings. The van der Waals surface area contributed by atoms with Gasteiger partial charge in [-0.1, -0.05) is 19.8 Å². The Bertz CT molecular complexity index is 674. The van der Waals surface area contributed by atoms with E-state index >= 15 is 0 Å². The summed E-state index contributed by atoms with van der Waals surface area (Å²) >= 11 is 0. The van der Waals surface area contributed by atoms with E-state index in [4.69, 9.17) is 0 Å². The zero-order valence-corrected chi connectivity index (χ0v) is 12.4. The first-order valence-corrected chi connectivity index (χ1v) is 7.21. The van der Waals surface area contributed by atoms with Crippen molar-refractivity contribution in [1.29, 1.82) is 0 Å². The zero-order valence-electron chi connectivity index (χ0n) is 12.4. The molecule has 0 radical (unpaired) electrons. The number of hydrogen-bond acceptors (Lipinski definition) is 3. The van der Waals surface area contributed by atoms with Crippen LogP contribution >= 0.6 is 0 Å². The van der Waals surface area contributed by atoms with E-state index in [1.165, 1.54) is 12.1 Å². The molecule has 22 heavy (non-hydrogen) atoms. The van der Waals surface area contributed by atoms with E-state index in [-0.39, 0.29) is 11.4 Å². The van der Waals surface area contributed by atoms with Crippen molar-refractivity contribution in [3.8, 4) is 11.1 Å². The van der Waals surface area contributed by atoms with Crippen LogP contribution in [0.1, 0.15) is 36.7 Å². The minimum absolute atomic E-state index is 0.0181. The van der Waals surface area contributed by atoms with E-state index in [0.717, 1.165) is 30.4 Å². The molecule has 1 aromatic carbocycles. The number of nitrogens with zero attached hydrogens (tertiary/aromatic N) is 2. The van der Waals surface area contributed by atoms with Crippen LogP contribution < -0.4 is 0 Å². The Kier molecular flexibility index (Phi) is 4.93. The summed E-state index contributed by atoms with van der Waals surface area (Å²) in [6, 6.07) is 7.72. The number of hydrogen-bond donors (Lipinski definition) is 1. The molecule has 0 saturated carbocycles. The fraction of sp³-hybridized carbons (Fsp3) is 0.312. The average molecular weight is 302 g/mol. The van der Waals surface area contributed by atoms with Crippen LogP contribution in [-0.4, -0.2) is 20.6 Å². The number of nitro benzene ring substituents is 1. The van der Waals surface area contributed by atoms with Gasteiger partial charge in [-0.15, -0.1) is 0 Å². The summed E-state index contributed by atoms with van der Waals surface area (Å²) in [6.07, 6.45) is 4.83. The largest absolute Gasteiger partial charge is 0.477 e. The Hall–Kier alpha value is -2.63. The molecule has 2 aromatic rings. The van der Waals surface area contributed by atoms with Gasteiger partial charge in [-0.05, 0) is 30.2 Å². The third-order valence-corrected chi connectivity index (χ3v) is 3.53. The van der Waals surface area contributed by atoms with E-state index in [0.29, 0.717) is 6.54 Å². The molecule has 0 aliphatic rings. The number of carboxylic acid groups (broad SMARTS) is 1. The topological polar surface area (TPSA) is 85.4 Å². The molecular formula is C16H18N2O4. The first-order valence-electron chi connectivity index (χ1n) is 7.21. The summed E-state index contributed by atoms with van der Waals surface area (Å²) in [7, 11) is 0. The number of unbranched alkanes of at least 4 members (excludes halogenated alkanes) is 2. The lowest BCUT2D eigenvalue weighted by molar-refractivity contribution is -0.384. The SMILES string of the molecule is CCCCCn1cc(-c2ccc([N+](=O)[O-])cc2)cc1C(=O)O. The standard InChI is InChI=1S/C16H18N2O4/c1-2-3-4-9-17-11-13(10-15(17)16(19)20)12-5-7-14(8-6-12)18(21)22/h5-8,10-11H,2-4,9H2,1H3,(H,19,20). The highest BCUT2D eigenvalue weighted by molar-refractivity contribution is 5.88. The quantitative estimate of drug-likeness (QED) is 0.476. The number of rotatable bonds is 7. The van der Waals surface area contributed by atoms with Crippen molar-refractivity contribution in [3.05, 3.63) is 52.3 Å². The van der Waals surface area contributed by atoms with Crippen molar-refractivity contribution in [1.82, 2.24) is 4.57 Å². The van der Waals surface area contributed by atoms with E-state index in [2.05, 4.69) is 6.92 Å². The summed E-state index contributed by atoms with van der Waals surface area (Å²) in [4.78, 5) is 21.5. The average Bonchev–Trinajstić information content (AvgIpc) is 2.92. The maximum Gasteiger partial charge on any atom is 0.352 e. The highest BCUT2D eigenvalue weighted by Gasteiger charge is 2.14. The van der Waals surface area contributed by atoms with Gasteiger partial charge in [0, 0.05) is 30.4 Å². The molecule has 0 aliphatic heterocycles. The Morgan fingerprint density at radius 3 is 2.45 bits per heavy atom. The third-order valence-electron chi connectivity index (χ3n) is 3.53. The van der Waals surface area contributed by atoms with Gasteiger partial charge in [-0.25, -0.2) is 4.79 Å². The van der Waals surface area contributed by atoms with Crippen LogP contribution in [0.5, 0.6) is 0 Å². The molecule has 0 atom stereocenters. The molecule has 1 N–H and O–H groups in total. The van der Waals surface area contributed by atoms with E-state index in [1.807, 2.05) is 0 Å². The van der Waals surface area contributed by atoms with Gasteiger partial charge < -0.3 is 9.67 Å². The van der Waals surface area contributed by atoms with Crippen LogP contribution in [0.25, 0.3) is 11.1 Å². The number of aromatic carboxylic acids is 1. The van der Waals surface area contributed by atoms with Crippen LogP contribution in [0.15, 0.2) is 36.5 Å². The predicted octanol–water partition coefficient (Wildman–Crippen LogP) is 3.95. The van der Waals surface area contributed by atoms with Gasteiger partial charge in [0.25, 0.3) is 5.69 Å². The molecule has 0 saturated heterocycles. The van der Waals surface area contributed by atoms with Gasteiger partial charge in [0.05, 0.1) is 4.92 Å². The zero-order chi connectivity index (χ0) is 16.1. The molecular weight excluding hydrogens is 284 g/mol. The smallest absolute Gasteiger partial charge is 0.352 e. The van der Waals surface area contributed by atoms with Crippen LogP contribution in [-0.2, 0) is 6.54 Å². The van der Waals surface area contributed by atoms with Gasteiger partial charge in [0.1, 0.15) is 5.69 Å². The van der Waals surface area contributed by atoms with Crippen LogP contribution in [0.3, 0.4) is 0 Å². The van der Waals surface area contributed by atoms with Gasteiger partial charge in [-0.2, -0.15) is 0 Å². The van der Waals surface area contributed by atoms with E-state index in [1.54, 1.807) is 29.0 Å². The minimum atomic E-state index is -0.968. The van der Waals surface area contributed by atoms with Gasteiger partial charge in [0.15, 0.2) is 0 Å². The van der Waals surface area contributed by atoms with Crippen molar-refractivity contribution in [2.24, 2.45) is 0 Å². The van der Waals surface area contributed by atoms with Crippen LogP contribution in [0, 0.1) is 10.1 Å². The molecule has 6 nitrogen and oxygen atoms in total. The summed E-state index contributed by atoms with van der Waals surface area (Å²) in [5.74, 6) is -0.968. The number of aryl methyl sites for hydroxylation is 1. The monoisotopic (exact) mass is 302 g/mol. The normalized spacial score (nSPS) is 10.6. The van der Waals surface area contributed by atoms with Crippen LogP contribution in [0.4, 0.5) is 5.69 Å². The van der Waals surface area contributed by atoms with Crippen molar-refractivity contribution in [2.75, 3.05) is 0 Å².